The highest BCUT2D eigenvalue weighted by atomic mass is 16.5. The monoisotopic (exact) mass is 340 g/mol. The third-order valence-electron chi connectivity index (χ3n) is 3.94. The van der Waals surface area contributed by atoms with Crippen LogP contribution in [-0.4, -0.2) is 25.5 Å². The zero-order valence-electron chi connectivity index (χ0n) is 14.0. The van der Waals surface area contributed by atoms with Crippen LogP contribution in [0.3, 0.4) is 0 Å². The van der Waals surface area contributed by atoms with E-state index >= 15 is 0 Å². The minimum Gasteiger partial charge on any atom is -0.496 e. The van der Waals surface area contributed by atoms with Crippen molar-refractivity contribution >= 4 is 17.5 Å². The fourth-order valence-electron chi connectivity index (χ4n) is 2.66. The number of para-hydroxylation sites is 1. The zero-order valence-corrected chi connectivity index (χ0v) is 14.0. The highest BCUT2D eigenvalue weighted by molar-refractivity contribution is 5.93. The van der Waals surface area contributed by atoms with Crippen LogP contribution in [0.5, 0.6) is 11.5 Å². The molecule has 1 heterocycles. The number of amides is 2. The molecule has 0 aliphatic carbocycles. The Morgan fingerprint density at radius 1 is 1.28 bits per heavy atom. The molecule has 25 heavy (non-hydrogen) atoms. The van der Waals surface area contributed by atoms with Gasteiger partial charge in [-0.3, -0.25) is 9.59 Å². The number of nitrogens with one attached hydrogen (secondary N) is 2. The Labute approximate surface area is 146 Å². The van der Waals surface area contributed by atoms with Crippen molar-refractivity contribution in [1.82, 2.24) is 5.32 Å². The summed E-state index contributed by atoms with van der Waals surface area (Å²) >= 11 is 0. The van der Waals surface area contributed by atoms with Gasteiger partial charge in [0, 0.05) is 12.1 Å². The summed E-state index contributed by atoms with van der Waals surface area (Å²) < 4.78 is 10.8. The Morgan fingerprint density at radius 2 is 2.12 bits per heavy atom. The van der Waals surface area contributed by atoms with Gasteiger partial charge in [-0.2, -0.15) is 0 Å². The predicted molar refractivity (Wildman–Crippen MR) is 93.7 cm³/mol. The Hall–Kier alpha value is -3.02. The van der Waals surface area contributed by atoms with Crippen molar-refractivity contribution in [2.75, 3.05) is 19.0 Å². The van der Waals surface area contributed by atoms with E-state index in [0.717, 1.165) is 11.1 Å². The second-order valence-electron chi connectivity index (χ2n) is 5.74. The molecule has 0 saturated carbocycles. The second-order valence-corrected chi connectivity index (χ2v) is 5.74. The molecule has 1 aliphatic rings. The van der Waals surface area contributed by atoms with Crippen molar-refractivity contribution in [2.24, 2.45) is 0 Å². The highest BCUT2D eigenvalue weighted by Gasteiger charge is 2.14. The highest BCUT2D eigenvalue weighted by Crippen LogP contribution is 2.28. The minimum atomic E-state index is -0.0975. The van der Waals surface area contributed by atoms with E-state index in [9.17, 15) is 9.59 Å². The maximum absolute atomic E-state index is 12.2. The first-order chi connectivity index (χ1) is 12.2. The fourth-order valence-corrected chi connectivity index (χ4v) is 2.66. The topological polar surface area (TPSA) is 76.7 Å². The third-order valence-corrected chi connectivity index (χ3v) is 3.94. The first-order valence-corrected chi connectivity index (χ1v) is 8.10. The van der Waals surface area contributed by atoms with Crippen molar-refractivity contribution in [3.63, 3.8) is 0 Å². The van der Waals surface area contributed by atoms with E-state index < -0.39 is 0 Å². The molecule has 3 rings (SSSR count). The first kappa shape index (κ1) is 16.8. The molecule has 0 aromatic heterocycles. The van der Waals surface area contributed by atoms with Crippen LogP contribution in [0.4, 0.5) is 5.69 Å². The quantitative estimate of drug-likeness (QED) is 0.875. The number of anilines is 1. The van der Waals surface area contributed by atoms with E-state index in [4.69, 9.17) is 9.47 Å². The number of carbonyl (C=O) groups excluding carboxylic acids is 2. The summed E-state index contributed by atoms with van der Waals surface area (Å²) in [5.74, 6) is 1.17. The average Bonchev–Trinajstić information content (AvgIpc) is 2.80. The lowest BCUT2D eigenvalue weighted by Gasteiger charge is -2.11. The Kier molecular flexibility index (Phi) is 5.18. The Balaban J connectivity index is 1.61. The summed E-state index contributed by atoms with van der Waals surface area (Å²) in [4.78, 5) is 23.8. The van der Waals surface area contributed by atoms with Crippen LogP contribution in [0.1, 0.15) is 17.5 Å². The predicted octanol–water partition coefficient (Wildman–Crippen LogP) is 2.28. The summed E-state index contributed by atoms with van der Waals surface area (Å²) in [6.07, 6.45) is 0.578. The number of ether oxygens (including phenoxy) is 2. The van der Waals surface area contributed by atoms with Gasteiger partial charge < -0.3 is 20.1 Å². The van der Waals surface area contributed by atoms with Gasteiger partial charge in [-0.1, -0.05) is 24.3 Å². The van der Waals surface area contributed by atoms with E-state index in [0.29, 0.717) is 36.8 Å². The van der Waals surface area contributed by atoms with Gasteiger partial charge in [0.15, 0.2) is 0 Å². The van der Waals surface area contributed by atoms with Crippen LogP contribution in [-0.2, 0) is 22.6 Å². The van der Waals surface area contributed by atoms with Gasteiger partial charge in [-0.05, 0) is 23.8 Å². The van der Waals surface area contributed by atoms with Crippen molar-refractivity contribution in [2.45, 2.75) is 19.4 Å². The van der Waals surface area contributed by atoms with Crippen LogP contribution in [0, 0.1) is 0 Å². The van der Waals surface area contributed by atoms with Crippen molar-refractivity contribution in [1.29, 1.82) is 0 Å². The second kappa shape index (κ2) is 7.70. The molecule has 0 saturated heterocycles. The number of rotatable bonds is 5. The Morgan fingerprint density at radius 3 is 2.96 bits per heavy atom. The molecular formula is C19H20N2O4. The number of hydrogen-bond acceptors (Lipinski definition) is 4. The molecule has 130 valence electrons. The fraction of sp³-hybridized carbons (Fsp3) is 0.263. The molecular weight excluding hydrogens is 320 g/mol. The summed E-state index contributed by atoms with van der Waals surface area (Å²) in [5, 5.41) is 5.70. The van der Waals surface area contributed by atoms with Gasteiger partial charge in [0.1, 0.15) is 11.5 Å². The summed E-state index contributed by atoms with van der Waals surface area (Å²) in [6, 6.07) is 12.9. The lowest BCUT2D eigenvalue weighted by Crippen LogP contribution is -2.24. The molecule has 0 unspecified atom stereocenters. The molecule has 0 atom stereocenters. The normalized spacial score (nSPS) is 13.1. The number of benzene rings is 2. The molecule has 1 aliphatic heterocycles. The number of fused-ring (bicyclic) bond motifs is 1. The van der Waals surface area contributed by atoms with Gasteiger partial charge in [0.2, 0.25) is 11.8 Å². The average molecular weight is 340 g/mol. The lowest BCUT2D eigenvalue weighted by atomic mass is 10.1. The van der Waals surface area contributed by atoms with Crippen molar-refractivity contribution < 1.29 is 19.1 Å². The van der Waals surface area contributed by atoms with E-state index in [1.807, 2.05) is 42.5 Å². The molecule has 0 radical (unpaired) electrons. The third kappa shape index (κ3) is 4.29. The van der Waals surface area contributed by atoms with Crippen LogP contribution in [0.25, 0.3) is 0 Å². The summed E-state index contributed by atoms with van der Waals surface area (Å²) in [7, 11) is 1.59. The first-order valence-electron chi connectivity index (χ1n) is 8.10. The number of methoxy groups -OCH3 is 1. The number of carbonyl (C=O) groups is 2. The van der Waals surface area contributed by atoms with Gasteiger partial charge >= 0.3 is 0 Å². The molecule has 6 nitrogen and oxygen atoms in total. The van der Waals surface area contributed by atoms with E-state index in [1.54, 1.807) is 7.11 Å². The lowest BCUT2D eigenvalue weighted by molar-refractivity contribution is -0.120. The van der Waals surface area contributed by atoms with E-state index in [1.165, 1.54) is 0 Å². The van der Waals surface area contributed by atoms with Crippen LogP contribution in [0.15, 0.2) is 42.5 Å². The summed E-state index contributed by atoms with van der Waals surface area (Å²) in [5.41, 5.74) is 2.36. The molecule has 0 bridgehead atoms. The summed E-state index contributed by atoms with van der Waals surface area (Å²) in [6.45, 7) is 0.741. The van der Waals surface area contributed by atoms with Gasteiger partial charge in [0.25, 0.3) is 0 Å². The molecule has 2 aromatic carbocycles. The maximum Gasteiger partial charge on any atom is 0.227 e. The van der Waals surface area contributed by atoms with Crippen molar-refractivity contribution in [3.05, 3.63) is 53.6 Å². The van der Waals surface area contributed by atoms with Crippen LogP contribution < -0.4 is 20.1 Å². The minimum absolute atomic E-state index is 0.0730. The standard InChI is InChI=1S/C19H20N2O4/c1-24-16-5-3-2-4-14(16)11-19(23)20-12-13-6-7-17-15(10-13)21-18(22)8-9-25-17/h2-7,10H,8-9,11-12H2,1H3,(H,20,23)(H,21,22). The zero-order chi connectivity index (χ0) is 17.6. The Bertz CT molecular complexity index is 789. The van der Waals surface area contributed by atoms with Crippen LogP contribution >= 0.6 is 0 Å². The largest absolute Gasteiger partial charge is 0.496 e. The molecule has 2 N–H and O–H groups in total. The SMILES string of the molecule is COc1ccccc1CC(=O)NCc1ccc2c(c1)NC(=O)CCO2. The van der Waals surface area contributed by atoms with E-state index in [2.05, 4.69) is 10.6 Å². The number of hydrogen-bond donors (Lipinski definition) is 2. The van der Waals surface area contributed by atoms with Gasteiger partial charge in [0.05, 0.1) is 32.2 Å². The van der Waals surface area contributed by atoms with E-state index in [-0.39, 0.29) is 18.2 Å². The van der Waals surface area contributed by atoms with Gasteiger partial charge in [-0.25, -0.2) is 0 Å². The molecule has 2 amide bonds. The molecule has 2 aromatic rings. The van der Waals surface area contributed by atoms with Crippen molar-refractivity contribution in [3.8, 4) is 11.5 Å². The smallest absolute Gasteiger partial charge is 0.227 e. The molecule has 0 fully saturated rings. The maximum atomic E-state index is 12.2. The molecule has 0 spiro atoms. The van der Waals surface area contributed by atoms with Crippen LogP contribution in [0.2, 0.25) is 0 Å². The van der Waals surface area contributed by atoms with Gasteiger partial charge in [-0.15, -0.1) is 0 Å². The molecule has 6 heteroatoms.